The van der Waals surface area contributed by atoms with Gasteiger partial charge in [-0.3, -0.25) is 4.79 Å². The van der Waals surface area contributed by atoms with E-state index in [-0.39, 0.29) is 11.9 Å². The average Bonchev–Trinajstić information content (AvgIpc) is 2.35. The Morgan fingerprint density at radius 2 is 2.17 bits per heavy atom. The van der Waals surface area contributed by atoms with E-state index < -0.39 is 0 Å². The number of ether oxygens (including phenoxy) is 1. The van der Waals surface area contributed by atoms with Crippen molar-refractivity contribution in [3.8, 4) is 0 Å². The summed E-state index contributed by atoms with van der Waals surface area (Å²) in [6.07, 6.45) is 0. The van der Waals surface area contributed by atoms with E-state index in [4.69, 9.17) is 4.74 Å². The van der Waals surface area contributed by atoms with E-state index in [9.17, 15) is 4.79 Å². The van der Waals surface area contributed by atoms with Gasteiger partial charge in [0.05, 0.1) is 19.2 Å². The minimum Gasteiger partial charge on any atom is -0.383 e. The van der Waals surface area contributed by atoms with Gasteiger partial charge in [0.1, 0.15) is 0 Å². The number of carbonyl (C=O) groups is 1. The second-order valence-electron chi connectivity index (χ2n) is 3.98. The highest BCUT2D eigenvalue weighted by atomic mass is 79.9. The number of rotatable bonds is 7. The van der Waals surface area contributed by atoms with Crippen LogP contribution < -0.4 is 10.6 Å². The molecule has 0 fully saturated rings. The lowest BCUT2D eigenvalue weighted by molar-refractivity contribution is -0.120. The highest BCUT2D eigenvalue weighted by molar-refractivity contribution is 9.10. The zero-order valence-corrected chi connectivity index (χ0v) is 12.3. The van der Waals surface area contributed by atoms with E-state index in [2.05, 4.69) is 26.6 Å². The molecule has 0 spiro atoms. The Morgan fingerprint density at radius 3 is 2.83 bits per heavy atom. The molecule has 1 atom stereocenters. The van der Waals surface area contributed by atoms with Crippen LogP contribution in [0.25, 0.3) is 0 Å². The van der Waals surface area contributed by atoms with E-state index >= 15 is 0 Å². The lowest BCUT2D eigenvalue weighted by Gasteiger charge is -2.16. The summed E-state index contributed by atoms with van der Waals surface area (Å²) in [7, 11) is 1.64. The molecule has 1 aromatic rings. The third-order valence-corrected chi connectivity index (χ3v) is 3.24. The van der Waals surface area contributed by atoms with Crippen molar-refractivity contribution in [1.82, 2.24) is 10.6 Å². The topological polar surface area (TPSA) is 50.4 Å². The van der Waals surface area contributed by atoms with Gasteiger partial charge in [-0.2, -0.15) is 0 Å². The summed E-state index contributed by atoms with van der Waals surface area (Å²) in [5.74, 6) is -0.0191. The molecule has 5 heteroatoms. The molecule has 0 saturated carbocycles. The molecule has 0 radical (unpaired) electrons. The summed E-state index contributed by atoms with van der Waals surface area (Å²) < 4.78 is 5.89. The maximum absolute atomic E-state index is 11.7. The molecule has 1 aromatic carbocycles. The maximum atomic E-state index is 11.7. The van der Waals surface area contributed by atoms with Gasteiger partial charge in [-0.1, -0.05) is 34.1 Å². The van der Waals surface area contributed by atoms with Crippen molar-refractivity contribution in [2.45, 2.75) is 13.0 Å². The van der Waals surface area contributed by atoms with E-state index in [0.717, 1.165) is 10.0 Å². The first kappa shape index (κ1) is 15.1. The van der Waals surface area contributed by atoms with Crippen molar-refractivity contribution in [3.05, 3.63) is 34.3 Å². The van der Waals surface area contributed by atoms with E-state index in [1.807, 2.05) is 31.2 Å². The number of amides is 1. The summed E-state index contributed by atoms with van der Waals surface area (Å²) in [6.45, 7) is 3.55. The fourth-order valence-corrected chi connectivity index (χ4v) is 2.20. The minimum absolute atomic E-state index is 0.0164. The first-order valence-electron chi connectivity index (χ1n) is 5.88. The van der Waals surface area contributed by atoms with Crippen molar-refractivity contribution < 1.29 is 9.53 Å². The molecule has 0 saturated heterocycles. The van der Waals surface area contributed by atoms with Crippen LogP contribution >= 0.6 is 15.9 Å². The van der Waals surface area contributed by atoms with Crippen molar-refractivity contribution >= 4 is 21.8 Å². The van der Waals surface area contributed by atoms with E-state index in [1.165, 1.54) is 0 Å². The van der Waals surface area contributed by atoms with Crippen LogP contribution in [0.3, 0.4) is 0 Å². The lowest BCUT2D eigenvalue weighted by Crippen LogP contribution is -2.36. The maximum Gasteiger partial charge on any atom is 0.234 e. The van der Waals surface area contributed by atoms with Crippen LogP contribution in [0.5, 0.6) is 0 Å². The van der Waals surface area contributed by atoms with Crippen LogP contribution in [0.15, 0.2) is 28.7 Å². The normalized spacial score (nSPS) is 12.2. The number of halogens is 1. The van der Waals surface area contributed by atoms with Gasteiger partial charge in [-0.15, -0.1) is 0 Å². The highest BCUT2D eigenvalue weighted by Gasteiger charge is 2.11. The Morgan fingerprint density at radius 1 is 1.44 bits per heavy atom. The Bertz CT molecular complexity index is 385. The number of nitrogens with one attached hydrogen (secondary N) is 2. The Labute approximate surface area is 116 Å². The highest BCUT2D eigenvalue weighted by Crippen LogP contribution is 2.22. The quantitative estimate of drug-likeness (QED) is 0.755. The number of carbonyl (C=O) groups excluding carboxylic acids is 1. The molecule has 1 amide bonds. The Balaban J connectivity index is 2.38. The van der Waals surface area contributed by atoms with Crippen LogP contribution in [0.1, 0.15) is 18.5 Å². The monoisotopic (exact) mass is 314 g/mol. The average molecular weight is 315 g/mol. The first-order valence-corrected chi connectivity index (χ1v) is 6.68. The fraction of sp³-hybridized carbons (Fsp3) is 0.462. The van der Waals surface area contributed by atoms with Gasteiger partial charge in [0.2, 0.25) is 5.91 Å². The molecule has 0 aliphatic heterocycles. The molecule has 4 nitrogen and oxygen atoms in total. The van der Waals surface area contributed by atoms with Crippen LogP contribution in [-0.2, 0) is 9.53 Å². The van der Waals surface area contributed by atoms with Crippen LogP contribution in [0.2, 0.25) is 0 Å². The zero-order valence-electron chi connectivity index (χ0n) is 10.7. The summed E-state index contributed by atoms with van der Waals surface area (Å²) in [5.41, 5.74) is 1.07. The van der Waals surface area contributed by atoms with Gasteiger partial charge in [-0.05, 0) is 18.6 Å². The number of methoxy groups -OCH3 is 1. The molecule has 0 aliphatic rings. The smallest absolute Gasteiger partial charge is 0.234 e. The lowest BCUT2D eigenvalue weighted by atomic mass is 10.1. The van der Waals surface area contributed by atoms with Gasteiger partial charge >= 0.3 is 0 Å². The van der Waals surface area contributed by atoms with Gasteiger partial charge < -0.3 is 15.4 Å². The van der Waals surface area contributed by atoms with Crippen LogP contribution in [0, 0.1) is 0 Å². The Hall–Kier alpha value is -0.910. The first-order chi connectivity index (χ1) is 8.65. The molecule has 100 valence electrons. The largest absolute Gasteiger partial charge is 0.383 e. The molecule has 0 bridgehead atoms. The van der Waals surface area contributed by atoms with Crippen molar-refractivity contribution in [3.63, 3.8) is 0 Å². The molecule has 1 rings (SSSR count). The molecule has 0 heterocycles. The number of hydrogen-bond donors (Lipinski definition) is 2. The van der Waals surface area contributed by atoms with Crippen LogP contribution in [0.4, 0.5) is 0 Å². The summed E-state index contributed by atoms with van der Waals surface area (Å²) in [5, 5.41) is 5.95. The minimum atomic E-state index is -0.0191. The SMILES string of the molecule is COCCNCC(=O)N[C@H](C)c1ccccc1Br. The van der Waals surface area contributed by atoms with Gasteiger partial charge in [0.15, 0.2) is 0 Å². The van der Waals surface area contributed by atoms with Gasteiger partial charge in [0.25, 0.3) is 0 Å². The third-order valence-electron chi connectivity index (χ3n) is 2.52. The molecule has 2 N–H and O–H groups in total. The van der Waals surface area contributed by atoms with E-state index in [1.54, 1.807) is 7.11 Å². The number of hydrogen-bond acceptors (Lipinski definition) is 3. The second-order valence-corrected chi connectivity index (χ2v) is 4.83. The number of benzene rings is 1. The fourth-order valence-electron chi connectivity index (χ4n) is 1.57. The molecule has 0 aliphatic carbocycles. The van der Waals surface area contributed by atoms with Gasteiger partial charge in [0, 0.05) is 18.1 Å². The standard InChI is InChI=1S/C13H19BrN2O2/c1-10(11-5-3-4-6-12(11)14)16-13(17)9-15-7-8-18-2/h3-6,10,15H,7-9H2,1-2H3,(H,16,17)/t10-/m1/s1. The molecule has 0 unspecified atom stereocenters. The predicted octanol–water partition coefficient (Wildman–Crippen LogP) is 1.86. The van der Waals surface area contributed by atoms with Crippen molar-refractivity contribution in [2.24, 2.45) is 0 Å². The summed E-state index contributed by atoms with van der Waals surface area (Å²) in [4.78, 5) is 11.7. The van der Waals surface area contributed by atoms with Crippen molar-refractivity contribution in [1.29, 1.82) is 0 Å². The summed E-state index contributed by atoms with van der Waals surface area (Å²) >= 11 is 3.48. The molecule has 18 heavy (non-hydrogen) atoms. The second kappa shape index (κ2) is 8.24. The molecule has 0 aromatic heterocycles. The summed E-state index contributed by atoms with van der Waals surface area (Å²) in [6, 6.07) is 7.85. The third kappa shape index (κ3) is 5.16. The van der Waals surface area contributed by atoms with Crippen molar-refractivity contribution in [2.75, 3.05) is 26.8 Å². The van der Waals surface area contributed by atoms with Crippen LogP contribution in [-0.4, -0.2) is 32.7 Å². The molecular weight excluding hydrogens is 296 g/mol. The predicted molar refractivity (Wildman–Crippen MR) is 75.4 cm³/mol. The Kier molecular flexibility index (Phi) is 6.93. The van der Waals surface area contributed by atoms with Gasteiger partial charge in [-0.25, -0.2) is 0 Å². The molecular formula is C13H19BrN2O2. The zero-order chi connectivity index (χ0) is 13.4. The van der Waals surface area contributed by atoms with E-state index in [0.29, 0.717) is 19.7 Å².